The molecule has 1 aliphatic carbocycles. The molecule has 0 bridgehead atoms. The van der Waals surface area contributed by atoms with Crippen LogP contribution in [0.4, 0.5) is 5.69 Å². The van der Waals surface area contributed by atoms with Crippen LogP contribution in [0, 0.1) is 0 Å². The molecule has 2 amide bonds. The van der Waals surface area contributed by atoms with Gasteiger partial charge in [0.1, 0.15) is 0 Å². The summed E-state index contributed by atoms with van der Waals surface area (Å²) in [6.45, 7) is 2.02. The van der Waals surface area contributed by atoms with Gasteiger partial charge in [-0.1, -0.05) is 36.0 Å². The van der Waals surface area contributed by atoms with Crippen LogP contribution in [0.3, 0.4) is 0 Å². The predicted octanol–water partition coefficient (Wildman–Crippen LogP) is 4.11. The van der Waals surface area contributed by atoms with Crippen LogP contribution in [-0.2, 0) is 9.59 Å². The van der Waals surface area contributed by atoms with E-state index in [9.17, 15) is 9.59 Å². The predicted molar refractivity (Wildman–Crippen MR) is 89.4 cm³/mol. The van der Waals surface area contributed by atoms with Gasteiger partial charge in [0.15, 0.2) is 0 Å². The third-order valence-electron chi connectivity index (χ3n) is 3.95. The van der Waals surface area contributed by atoms with Gasteiger partial charge in [-0.15, -0.1) is 0 Å². The van der Waals surface area contributed by atoms with Gasteiger partial charge in [-0.05, 0) is 31.0 Å². The molecule has 0 aromatic heterocycles. The van der Waals surface area contributed by atoms with Crippen LogP contribution in [-0.4, -0.2) is 29.3 Å². The van der Waals surface area contributed by atoms with Crippen molar-refractivity contribution in [2.24, 2.45) is 0 Å². The van der Waals surface area contributed by atoms with Gasteiger partial charge >= 0.3 is 0 Å². The number of anilines is 1. The first-order valence-corrected chi connectivity index (χ1v) is 8.25. The number of nitrogens with one attached hydrogen (secondary N) is 1. The number of rotatable bonds is 5. The minimum absolute atomic E-state index is 0.0363. The van der Waals surface area contributed by atoms with Crippen molar-refractivity contribution in [3.8, 4) is 0 Å². The molecule has 0 atom stereocenters. The molecular weight excluding hydrogens is 323 g/mol. The van der Waals surface area contributed by atoms with Gasteiger partial charge < -0.3 is 10.2 Å². The maximum Gasteiger partial charge on any atom is 0.226 e. The number of hydrogen-bond donors (Lipinski definition) is 1. The van der Waals surface area contributed by atoms with E-state index in [1.165, 1.54) is 0 Å². The van der Waals surface area contributed by atoms with Crippen LogP contribution >= 0.6 is 23.2 Å². The van der Waals surface area contributed by atoms with E-state index in [1.807, 2.05) is 4.90 Å². The van der Waals surface area contributed by atoms with E-state index in [-0.39, 0.29) is 24.3 Å². The number of amides is 2. The molecular formula is C16H20Cl2N2O2. The lowest BCUT2D eigenvalue weighted by atomic mass is 10.2. The second-order valence-electron chi connectivity index (χ2n) is 5.58. The molecule has 1 aromatic rings. The quantitative estimate of drug-likeness (QED) is 0.875. The third-order valence-corrected chi connectivity index (χ3v) is 4.69. The van der Waals surface area contributed by atoms with E-state index in [0.29, 0.717) is 22.3 Å². The molecule has 0 saturated heterocycles. The zero-order valence-corrected chi connectivity index (χ0v) is 14.1. The van der Waals surface area contributed by atoms with Crippen molar-refractivity contribution in [1.29, 1.82) is 0 Å². The summed E-state index contributed by atoms with van der Waals surface area (Å²) in [6, 6.07) is 5.24. The maximum atomic E-state index is 12.0. The van der Waals surface area contributed by atoms with Crippen LogP contribution in [0.2, 0.25) is 10.0 Å². The van der Waals surface area contributed by atoms with Crippen LogP contribution < -0.4 is 5.32 Å². The van der Waals surface area contributed by atoms with Crippen molar-refractivity contribution < 1.29 is 9.59 Å². The second kappa shape index (κ2) is 7.84. The van der Waals surface area contributed by atoms with Gasteiger partial charge in [0.25, 0.3) is 0 Å². The molecule has 1 fully saturated rings. The first kappa shape index (κ1) is 17.1. The molecule has 1 N–H and O–H groups in total. The van der Waals surface area contributed by atoms with Gasteiger partial charge in [-0.25, -0.2) is 0 Å². The molecule has 6 heteroatoms. The summed E-state index contributed by atoms with van der Waals surface area (Å²) in [4.78, 5) is 25.6. The highest BCUT2D eigenvalue weighted by Crippen LogP contribution is 2.26. The number of carbonyl (C=O) groups excluding carboxylic acids is 2. The monoisotopic (exact) mass is 342 g/mol. The van der Waals surface area contributed by atoms with Gasteiger partial charge in [-0.3, -0.25) is 9.59 Å². The molecule has 0 aliphatic heterocycles. The second-order valence-corrected chi connectivity index (χ2v) is 6.39. The van der Waals surface area contributed by atoms with E-state index in [1.54, 1.807) is 25.1 Å². The van der Waals surface area contributed by atoms with Gasteiger partial charge in [0.05, 0.1) is 10.0 Å². The van der Waals surface area contributed by atoms with Crippen molar-refractivity contribution in [1.82, 2.24) is 4.90 Å². The van der Waals surface area contributed by atoms with Crippen molar-refractivity contribution in [2.75, 3.05) is 11.9 Å². The average Bonchev–Trinajstić information content (AvgIpc) is 2.97. The molecule has 2 rings (SSSR count). The Morgan fingerprint density at radius 3 is 2.50 bits per heavy atom. The molecule has 0 heterocycles. The molecule has 0 spiro atoms. The van der Waals surface area contributed by atoms with Crippen LogP contribution in [0.5, 0.6) is 0 Å². The Bertz CT molecular complexity index is 557. The summed E-state index contributed by atoms with van der Waals surface area (Å²) >= 11 is 11.8. The molecule has 1 aliphatic rings. The summed E-state index contributed by atoms with van der Waals surface area (Å²) in [5, 5.41) is 3.62. The Morgan fingerprint density at radius 2 is 1.91 bits per heavy atom. The largest absolute Gasteiger partial charge is 0.339 e. The lowest BCUT2D eigenvalue weighted by molar-refractivity contribution is -0.131. The highest BCUT2D eigenvalue weighted by Gasteiger charge is 2.24. The lowest BCUT2D eigenvalue weighted by Gasteiger charge is -2.27. The molecule has 4 nitrogen and oxygen atoms in total. The zero-order valence-electron chi connectivity index (χ0n) is 12.6. The van der Waals surface area contributed by atoms with Gasteiger partial charge in [0.2, 0.25) is 11.8 Å². The minimum Gasteiger partial charge on any atom is -0.339 e. The fourth-order valence-electron chi connectivity index (χ4n) is 2.83. The molecule has 0 radical (unpaired) electrons. The third kappa shape index (κ3) is 4.62. The SMILES string of the molecule is CC(=O)N(CCC(=O)Nc1ccc(Cl)c(Cl)c1)C1CCCC1. The summed E-state index contributed by atoms with van der Waals surface area (Å²) < 4.78 is 0. The zero-order chi connectivity index (χ0) is 16.1. The number of nitrogens with zero attached hydrogens (tertiary/aromatic N) is 1. The van der Waals surface area contributed by atoms with E-state index >= 15 is 0 Å². The Hall–Kier alpha value is -1.26. The number of carbonyl (C=O) groups is 2. The highest BCUT2D eigenvalue weighted by molar-refractivity contribution is 6.42. The molecule has 0 unspecified atom stereocenters. The van der Waals surface area contributed by atoms with Gasteiger partial charge in [0, 0.05) is 31.6 Å². The number of hydrogen-bond acceptors (Lipinski definition) is 2. The minimum atomic E-state index is -0.136. The smallest absolute Gasteiger partial charge is 0.226 e. The maximum absolute atomic E-state index is 12.0. The normalized spacial score (nSPS) is 14.9. The average molecular weight is 343 g/mol. The van der Waals surface area contributed by atoms with Crippen LogP contribution in [0.1, 0.15) is 39.0 Å². The van der Waals surface area contributed by atoms with Crippen molar-refractivity contribution >= 4 is 40.7 Å². The fraction of sp³-hybridized carbons (Fsp3) is 0.500. The molecule has 120 valence electrons. The fourth-order valence-corrected chi connectivity index (χ4v) is 3.13. The number of halogens is 2. The van der Waals surface area contributed by atoms with Crippen molar-refractivity contribution in [3.63, 3.8) is 0 Å². The van der Waals surface area contributed by atoms with Crippen molar-refractivity contribution in [2.45, 2.75) is 45.1 Å². The first-order chi connectivity index (χ1) is 10.5. The molecule has 22 heavy (non-hydrogen) atoms. The topological polar surface area (TPSA) is 49.4 Å². The summed E-state index contributed by atoms with van der Waals surface area (Å²) in [6.07, 6.45) is 4.66. The highest BCUT2D eigenvalue weighted by atomic mass is 35.5. The summed E-state index contributed by atoms with van der Waals surface area (Å²) in [7, 11) is 0. The van der Waals surface area contributed by atoms with E-state index < -0.39 is 0 Å². The Balaban J connectivity index is 1.87. The summed E-state index contributed by atoms with van der Waals surface area (Å²) in [5.74, 6) is -0.100. The van der Waals surface area contributed by atoms with E-state index in [4.69, 9.17) is 23.2 Å². The van der Waals surface area contributed by atoms with E-state index in [2.05, 4.69) is 5.32 Å². The van der Waals surface area contributed by atoms with Crippen molar-refractivity contribution in [3.05, 3.63) is 28.2 Å². The Morgan fingerprint density at radius 1 is 1.23 bits per heavy atom. The summed E-state index contributed by atoms with van der Waals surface area (Å²) in [5.41, 5.74) is 0.606. The Kier molecular flexibility index (Phi) is 6.09. The van der Waals surface area contributed by atoms with Crippen LogP contribution in [0.15, 0.2) is 18.2 Å². The number of benzene rings is 1. The van der Waals surface area contributed by atoms with Gasteiger partial charge in [-0.2, -0.15) is 0 Å². The standard InChI is InChI=1S/C16H20Cl2N2O2/c1-11(21)20(13-4-2-3-5-13)9-8-16(22)19-12-6-7-14(17)15(18)10-12/h6-7,10,13H,2-5,8-9H2,1H3,(H,19,22). The Labute approximate surface area is 140 Å². The molecule has 1 aromatic carbocycles. The van der Waals surface area contributed by atoms with E-state index in [0.717, 1.165) is 25.7 Å². The lowest BCUT2D eigenvalue weighted by Crippen LogP contribution is -2.39. The molecule has 1 saturated carbocycles. The first-order valence-electron chi connectivity index (χ1n) is 7.49. The van der Waals surface area contributed by atoms with Crippen LogP contribution in [0.25, 0.3) is 0 Å².